The smallest absolute Gasteiger partial charge is 0.338 e. The van der Waals surface area contributed by atoms with Gasteiger partial charge in [0.2, 0.25) is 0 Å². The maximum absolute atomic E-state index is 12.6. The van der Waals surface area contributed by atoms with Gasteiger partial charge < -0.3 is 29.6 Å². The van der Waals surface area contributed by atoms with Gasteiger partial charge in [-0.15, -0.1) is 0 Å². The number of nitrogens with one attached hydrogen (secondary N) is 3. The molecule has 5 rings (SSSR count). The molecule has 0 unspecified atom stereocenters. The van der Waals surface area contributed by atoms with Crippen molar-refractivity contribution in [1.82, 2.24) is 16.1 Å². The van der Waals surface area contributed by atoms with E-state index in [0.717, 1.165) is 24.6 Å². The molecule has 4 aromatic carbocycles. The molecule has 1 aliphatic heterocycles. The van der Waals surface area contributed by atoms with Gasteiger partial charge in [0, 0.05) is 5.70 Å². The van der Waals surface area contributed by atoms with Crippen molar-refractivity contribution in [2.24, 2.45) is 5.10 Å². The molecule has 4 aromatic rings. The van der Waals surface area contributed by atoms with Crippen LogP contribution < -0.4 is 30.3 Å². The van der Waals surface area contributed by atoms with E-state index in [0.29, 0.717) is 29.4 Å². The van der Waals surface area contributed by atoms with Crippen LogP contribution in [0.3, 0.4) is 0 Å². The number of nitrogens with zero attached hydrogens (tertiary/aromatic N) is 1. The number of halogens is 2. The lowest BCUT2D eigenvalue weighted by Crippen LogP contribution is -2.45. The third-order valence-electron chi connectivity index (χ3n) is 7.26. The third-order valence-corrected chi connectivity index (χ3v) is 8.66. The molecule has 248 valence electrons. The Bertz CT molecular complexity index is 1910. The second-order valence-electron chi connectivity index (χ2n) is 10.6. The van der Waals surface area contributed by atoms with Crippen molar-refractivity contribution in [1.29, 1.82) is 0 Å². The lowest BCUT2D eigenvalue weighted by Gasteiger charge is -2.28. The normalized spacial score (nSPS) is 14.4. The molecule has 1 aliphatic rings. The Labute approximate surface area is 299 Å². The molecule has 48 heavy (non-hydrogen) atoms. The molecule has 1 atom stereocenters. The number of hydrogen-bond acceptors (Lipinski definition) is 8. The first kappa shape index (κ1) is 34.7. The Hall–Kier alpha value is -4.63. The molecule has 3 amide bonds. The Kier molecular flexibility index (Phi) is 11.5. The number of rotatable bonds is 12. The maximum atomic E-state index is 12.6. The Balaban J connectivity index is 1.17. The van der Waals surface area contributed by atoms with Crippen molar-refractivity contribution in [3.05, 3.63) is 109 Å². The van der Waals surface area contributed by atoms with E-state index in [4.69, 9.17) is 18.9 Å². The average Bonchev–Trinajstić information content (AvgIpc) is 3.06. The fourth-order valence-corrected chi connectivity index (χ4v) is 6.81. The van der Waals surface area contributed by atoms with Crippen LogP contribution in [0.15, 0.2) is 93.6 Å². The summed E-state index contributed by atoms with van der Waals surface area (Å²) in [6.45, 7) is 3.59. The molecule has 0 saturated carbocycles. The summed E-state index contributed by atoms with van der Waals surface area (Å²) in [6.07, 6.45) is 1.53. The van der Waals surface area contributed by atoms with Crippen LogP contribution in [-0.4, -0.2) is 44.4 Å². The number of amides is 3. The van der Waals surface area contributed by atoms with Crippen LogP contribution in [0.25, 0.3) is 10.8 Å². The second kappa shape index (κ2) is 16.0. The first-order chi connectivity index (χ1) is 23.2. The number of benzene rings is 4. The van der Waals surface area contributed by atoms with Gasteiger partial charge >= 0.3 is 12.0 Å². The summed E-state index contributed by atoms with van der Waals surface area (Å²) in [4.78, 5) is 37.4. The molecule has 11 nitrogen and oxygen atoms in total. The summed E-state index contributed by atoms with van der Waals surface area (Å²) < 4.78 is 24.1. The highest BCUT2D eigenvalue weighted by molar-refractivity contribution is 14.1. The minimum Gasteiger partial charge on any atom is -0.493 e. The molecule has 0 spiro atoms. The predicted molar refractivity (Wildman–Crippen MR) is 193 cm³/mol. The minimum atomic E-state index is -0.772. The number of esters is 1. The quantitative estimate of drug-likeness (QED) is 0.0641. The molecule has 13 heteroatoms. The monoisotopic (exact) mass is 826 g/mol. The minimum absolute atomic E-state index is 0.184. The Morgan fingerprint density at radius 1 is 1.02 bits per heavy atom. The number of ether oxygens (including phenoxy) is 4. The molecule has 0 aromatic heterocycles. The first-order valence-electron chi connectivity index (χ1n) is 14.8. The second-order valence-corrected chi connectivity index (χ2v) is 12.6. The van der Waals surface area contributed by atoms with Crippen LogP contribution in [-0.2, 0) is 20.9 Å². The summed E-state index contributed by atoms with van der Waals surface area (Å²) >= 11 is 5.79. The third kappa shape index (κ3) is 8.44. The van der Waals surface area contributed by atoms with Gasteiger partial charge in [0.1, 0.15) is 12.4 Å². The first-order valence-corrected chi connectivity index (χ1v) is 16.7. The number of carbonyl (C=O) groups excluding carboxylic acids is 3. The van der Waals surface area contributed by atoms with Crippen molar-refractivity contribution < 1.29 is 33.3 Å². The number of hydrogen-bond donors (Lipinski definition) is 3. The number of hydrazone groups is 1. The number of fused-ring (bicyclic) bond motifs is 1. The summed E-state index contributed by atoms with van der Waals surface area (Å²) in [5.41, 5.74) is 5.50. The van der Waals surface area contributed by atoms with E-state index in [9.17, 15) is 14.4 Å². The molecule has 0 saturated heterocycles. The maximum Gasteiger partial charge on any atom is 0.338 e. The number of carbonyl (C=O) groups is 3. The van der Waals surface area contributed by atoms with E-state index in [2.05, 4.69) is 90.0 Å². The molecule has 3 N–H and O–H groups in total. The topological polar surface area (TPSA) is 137 Å². The number of methoxy groups -OCH3 is 1. The predicted octanol–water partition coefficient (Wildman–Crippen LogP) is 6.51. The van der Waals surface area contributed by atoms with Gasteiger partial charge in [-0.3, -0.25) is 4.79 Å². The van der Waals surface area contributed by atoms with E-state index in [1.807, 2.05) is 24.3 Å². The standard InChI is InChI=1S/C35H32BrIN4O7/c1-4-46-34(43)31-20(2)39-35(44)40-32(31)25-11-12-28(29(16-25)45-3)47-19-30(42)41-38-17-22-14-26(36)33(27(37)15-22)48-18-21-9-10-23-7-5-6-8-24(23)13-21/h5-17,32H,4,18-19H2,1-3H3,(H,41,42)(H2,39,40,44)/b38-17-/t32-/m0/s1. The highest BCUT2D eigenvalue weighted by Gasteiger charge is 2.32. The van der Waals surface area contributed by atoms with E-state index in [1.54, 1.807) is 32.0 Å². The fraction of sp³-hybridized carbons (Fsp3) is 0.200. The molecule has 0 aliphatic carbocycles. The molecular weight excluding hydrogens is 795 g/mol. The highest BCUT2D eigenvalue weighted by atomic mass is 127. The number of urea groups is 1. The summed E-state index contributed by atoms with van der Waals surface area (Å²) in [6, 6.07) is 21.9. The zero-order valence-corrected chi connectivity index (χ0v) is 30.0. The van der Waals surface area contributed by atoms with Crippen LogP contribution in [0.4, 0.5) is 4.79 Å². The zero-order chi connectivity index (χ0) is 34.2. The Morgan fingerprint density at radius 2 is 1.81 bits per heavy atom. The van der Waals surface area contributed by atoms with Crippen LogP contribution in [0.2, 0.25) is 0 Å². The van der Waals surface area contributed by atoms with E-state index in [-0.39, 0.29) is 24.5 Å². The van der Waals surface area contributed by atoms with E-state index >= 15 is 0 Å². The molecule has 0 fully saturated rings. The van der Waals surface area contributed by atoms with Gasteiger partial charge in [-0.25, -0.2) is 15.0 Å². The van der Waals surface area contributed by atoms with Crippen molar-refractivity contribution in [2.75, 3.05) is 20.3 Å². The molecule has 0 bridgehead atoms. The van der Waals surface area contributed by atoms with Gasteiger partial charge in [-0.05, 0) is 110 Å². The summed E-state index contributed by atoms with van der Waals surface area (Å²) in [5.74, 6) is 0.267. The zero-order valence-electron chi connectivity index (χ0n) is 26.3. The molecule has 0 radical (unpaired) electrons. The fourth-order valence-electron chi connectivity index (χ4n) is 5.04. The van der Waals surface area contributed by atoms with Crippen molar-refractivity contribution in [3.8, 4) is 17.2 Å². The van der Waals surface area contributed by atoms with E-state index < -0.39 is 23.9 Å². The highest BCUT2D eigenvalue weighted by Crippen LogP contribution is 2.35. The molecular formula is C35H32BrIN4O7. The van der Waals surface area contributed by atoms with Gasteiger partial charge in [0.15, 0.2) is 18.1 Å². The van der Waals surface area contributed by atoms with E-state index in [1.165, 1.54) is 18.7 Å². The lowest BCUT2D eigenvalue weighted by atomic mass is 9.95. The average molecular weight is 827 g/mol. The van der Waals surface area contributed by atoms with Crippen molar-refractivity contribution in [3.63, 3.8) is 0 Å². The summed E-state index contributed by atoms with van der Waals surface area (Å²) in [5, 5.41) is 11.7. The number of allylic oxidation sites excluding steroid dienone is 1. The lowest BCUT2D eigenvalue weighted by molar-refractivity contribution is -0.139. The van der Waals surface area contributed by atoms with Gasteiger partial charge in [0.25, 0.3) is 5.91 Å². The van der Waals surface area contributed by atoms with Crippen molar-refractivity contribution >= 4 is 73.4 Å². The summed E-state index contributed by atoms with van der Waals surface area (Å²) in [7, 11) is 1.45. The van der Waals surface area contributed by atoms with Gasteiger partial charge in [0.05, 0.1) is 39.6 Å². The van der Waals surface area contributed by atoms with Crippen LogP contribution in [0.1, 0.15) is 36.6 Å². The van der Waals surface area contributed by atoms with Crippen LogP contribution in [0, 0.1) is 3.57 Å². The largest absolute Gasteiger partial charge is 0.493 e. The van der Waals surface area contributed by atoms with Crippen LogP contribution >= 0.6 is 38.5 Å². The van der Waals surface area contributed by atoms with Crippen molar-refractivity contribution in [2.45, 2.75) is 26.5 Å². The SMILES string of the molecule is CCOC(=O)C1=C(C)NC(=O)N[C@H]1c1ccc(OCC(=O)N/N=C\c2cc(Br)c(OCc3ccc4ccccc4c3)c(I)c2)c(OC)c1. The van der Waals surface area contributed by atoms with Gasteiger partial charge in [-0.2, -0.15) is 5.10 Å². The van der Waals surface area contributed by atoms with Crippen LogP contribution in [0.5, 0.6) is 17.2 Å². The molecule has 1 heterocycles. The Morgan fingerprint density at radius 3 is 2.56 bits per heavy atom. The van der Waals surface area contributed by atoms with Gasteiger partial charge in [-0.1, -0.05) is 42.5 Å².